The van der Waals surface area contributed by atoms with Crippen molar-refractivity contribution in [1.82, 2.24) is 15.3 Å². The highest BCUT2D eigenvalue weighted by Crippen LogP contribution is 2.21. The molecule has 0 aliphatic heterocycles. The smallest absolute Gasteiger partial charge is 0.329 e. The second kappa shape index (κ2) is 6.88. The Morgan fingerprint density at radius 1 is 1.15 bits per heavy atom. The highest BCUT2D eigenvalue weighted by Gasteiger charge is 2.33. The predicted octanol–water partition coefficient (Wildman–Crippen LogP) is 2.75. The van der Waals surface area contributed by atoms with Crippen LogP contribution >= 0.6 is 0 Å². The molecule has 1 aromatic rings. The van der Waals surface area contributed by atoms with Crippen LogP contribution in [0.3, 0.4) is 0 Å². The monoisotopic (exact) mass is 290 g/mol. The van der Waals surface area contributed by atoms with Gasteiger partial charge in [-0.25, -0.2) is 9.97 Å². The molecule has 0 aromatic carbocycles. The fraction of sp³-hybridized carbons (Fsp3) is 0.692. The highest BCUT2D eigenvalue weighted by atomic mass is 19.4. The van der Waals surface area contributed by atoms with Gasteiger partial charge >= 0.3 is 6.18 Å². The lowest BCUT2D eigenvalue weighted by molar-refractivity contribution is -0.120. The molecule has 1 aromatic heterocycles. The minimum absolute atomic E-state index is 0.102. The quantitative estimate of drug-likeness (QED) is 0.874. The van der Waals surface area contributed by atoms with E-state index >= 15 is 0 Å². The highest BCUT2D eigenvalue weighted by molar-refractivity contribution is 5.31. The third-order valence-corrected chi connectivity index (χ3v) is 2.64. The molecule has 0 saturated heterocycles. The summed E-state index contributed by atoms with van der Waals surface area (Å²) >= 11 is 0. The zero-order valence-electron chi connectivity index (χ0n) is 12.2. The molecule has 7 heteroatoms. The van der Waals surface area contributed by atoms with Gasteiger partial charge in [0.1, 0.15) is 6.54 Å². The van der Waals surface area contributed by atoms with E-state index in [1.165, 1.54) is 0 Å². The normalized spacial score (nSPS) is 12.2. The maximum Gasteiger partial charge on any atom is 0.406 e. The van der Waals surface area contributed by atoms with E-state index in [0.717, 1.165) is 10.5 Å². The van der Waals surface area contributed by atoms with Crippen LogP contribution in [0.15, 0.2) is 12.4 Å². The van der Waals surface area contributed by atoms with Crippen molar-refractivity contribution in [1.29, 1.82) is 0 Å². The van der Waals surface area contributed by atoms with E-state index in [1.54, 1.807) is 26.2 Å². The maximum atomic E-state index is 12.5. The molecule has 0 amide bonds. The van der Waals surface area contributed by atoms with Gasteiger partial charge in [-0.2, -0.15) is 13.2 Å². The summed E-state index contributed by atoms with van der Waals surface area (Å²) in [5.74, 6) is 0.102. The predicted molar refractivity (Wildman–Crippen MR) is 72.5 cm³/mol. The number of anilines is 1. The molecule has 0 bridgehead atoms. The fourth-order valence-electron chi connectivity index (χ4n) is 1.59. The van der Waals surface area contributed by atoms with E-state index in [9.17, 15) is 13.2 Å². The van der Waals surface area contributed by atoms with E-state index in [2.05, 4.69) is 15.3 Å². The number of alkyl halides is 3. The van der Waals surface area contributed by atoms with Crippen LogP contribution in [0.1, 0.15) is 33.3 Å². The zero-order valence-corrected chi connectivity index (χ0v) is 12.2. The molecule has 0 radical (unpaired) electrons. The fourth-order valence-corrected chi connectivity index (χ4v) is 1.59. The first-order chi connectivity index (χ1) is 9.19. The van der Waals surface area contributed by atoms with Crippen molar-refractivity contribution in [3.8, 4) is 0 Å². The molecule has 4 nitrogen and oxygen atoms in total. The Labute approximate surface area is 117 Å². The Kier molecular flexibility index (Phi) is 5.74. The lowest BCUT2D eigenvalue weighted by atomic mass is 10.3. The van der Waals surface area contributed by atoms with Crippen molar-refractivity contribution < 1.29 is 13.2 Å². The van der Waals surface area contributed by atoms with Gasteiger partial charge in [0.25, 0.3) is 0 Å². The van der Waals surface area contributed by atoms with Crippen LogP contribution in [0.2, 0.25) is 0 Å². The van der Waals surface area contributed by atoms with Crippen molar-refractivity contribution in [2.45, 2.75) is 52.5 Å². The summed E-state index contributed by atoms with van der Waals surface area (Å²) in [6, 6.07) is 0.00309. The first kappa shape index (κ1) is 16.7. The molecule has 1 heterocycles. The molecule has 0 aliphatic carbocycles. The van der Waals surface area contributed by atoms with E-state index in [4.69, 9.17) is 0 Å². The topological polar surface area (TPSA) is 41.1 Å². The van der Waals surface area contributed by atoms with Crippen molar-refractivity contribution >= 4 is 5.95 Å². The van der Waals surface area contributed by atoms with Crippen LogP contribution in [-0.4, -0.2) is 34.8 Å². The summed E-state index contributed by atoms with van der Waals surface area (Å²) in [5.41, 5.74) is 0.846. The molecule has 0 spiro atoms. The Hall–Kier alpha value is -1.37. The Balaban J connectivity index is 2.78. The standard InChI is InChI=1S/C13H21F3N4/c1-9(2)17-5-11-6-18-12(19-7-11)20(10(3)4)8-13(14,15)16/h6-7,9-10,17H,5,8H2,1-4H3. The van der Waals surface area contributed by atoms with Crippen LogP contribution in [0, 0.1) is 0 Å². The average Bonchev–Trinajstić information content (AvgIpc) is 2.33. The molecule has 0 saturated carbocycles. The average molecular weight is 290 g/mol. The number of hydrogen-bond donors (Lipinski definition) is 1. The number of halogens is 3. The second-order valence-corrected chi connectivity index (χ2v) is 5.26. The molecule has 0 fully saturated rings. The molecular weight excluding hydrogens is 269 g/mol. The molecule has 1 N–H and O–H groups in total. The molecule has 20 heavy (non-hydrogen) atoms. The number of aromatic nitrogens is 2. The molecule has 1 rings (SSSR count). The Morgan fingerprint density at radius 3 is 2.10 bits per heavy atom. The van der Waals surface area contributed by atoms with Gasteiger partial charge in [-0.1, -0.05) is 13.8 Å². The van der Waals surface area contributed by atoms with Crippen LogP contribution in [0.5, 0.6) is 0 Å². The zero-order chi connectivity index (χ0) is 15.3. The van der Waals surface area contributed by atoms with Gasteiger partial charge in [0.15, 0.2) is 0 Å². The number of rotatable bonds is 6. The van der Waals surface area contributed by atoms with Crippen molar-refractivity contribution in [2.24, 2.45) is 0 Å². The summed E-state index contributed by atoms with van der Waals surface area (Å²) in [5, 5.41) is 3.20. The van der Waals surface area contributed by atoms with Gasteiger partial charge in [0.2, 0.25) is 5.95 Å². The maximum absolute atomic E-state index is 12.5. The van der Waals surface area contributed by atoms with Gasteiger partial charge in [0, 0.05) is 36.6 Å². The lowest BCUT2D eigenvalue weighted by Crippen LogP contribution is -2.40. The minimum atomic E-state index is -4.27. The third-order valence-electron chi connectivity index (χ3n) is 2.64. The van der Waals surface area contributed by atoms with Gasteiger partial charge in [-0.3, -0.25) is 0 Å². The SMILES string of the molecule is CC(C)NCc1cnc(N(CC(F)(F)F)C(C)C)nc1. The van der Waals surface area contributed by atoms with Crippen molar-refractivity contribution in [3.05, 3.63) is 18.0 Å². The van der Waals surface area contributed by atoms with E-state index in [-0.39, 0.29) is 12.0 Å². The number of nitrogens with one attached hydrogen (secondary N) is 1. The van der Waals surface area contributed by atoms with E-state index in [0.29, 0.717) is 12.6 Å². The van der Waals surface area contributed by atoms with Gasteiger partial charge in [-0.15, -0.1) is 0 Å². The number of nitrogens with zero attached hydrogens (tertiary/aromatic N) is 3. The van der Waals surface area contributed by atoms with Crippen LogP contribution in [0.4, 0.5) is 19.1 Å². The van der Waals surface area contributed by atoms with Crippen LogP contribution < -0.4 is 10.2 Å². The Morgan fingerprint density at radius 2 is 1.70 bits per heavy atom. The van der Waals surface area contributed by atoms with E-state index in [1.807, 2.05) is 13.8 Å². The first-order valence-electron chi connectivity index (χ1n) is 6.56. The first-order valence-corrected chi connectivity index (χ1v) is 6.56. The van der Waals surface area contributed by atoms with Gasteiger partial charge in [-0.05, 0) is 13.8 Å². The molecule has 0 atom stereocenters. The molecular formula is C13H21F3N4. The summed E-state index contributed by atoms with van der Waals surface area (Å²) < 4.78 is 37.6. The minimum Gasteiger partial charge on any atom is -0.329 e. The molecule has 0 unspecified atom stereocenters. The molecule has 114 valence electrons. The summed E-state index contributed by atoms with van der Waals surface area (Å²) in [7, 11) is 0. The van der Waals surface area contributed by atoms with Crippen molar-refractivity contribution in [3.63, 3.8) is 0 Å². The number of hydrogen-bond acceptors (Lipinski definition) is 4. The van der Waals surface area contributed by atoms with Gasteiger partial charge in [0.05, 0.1) is 0 Å². The van der Waals surface area contributed by atoms with E-state index < -0.39 is 12.7 Å². The van der Waals surface area contributed by atoms with Crippen molar-refractivity contribution in [2.75, 3.05) is 11.4 Å². The summed E-state index contributed by atoms with van der Waals surface area (Å²) in [4.78, 5) is 9.21. The summed E-state index contributed by atoms with van der Waals surface area (Å²) in [6.45, 7) is 6.94. The third kappa shape index (κ3) is 5.73. The largest absolute Gasteiger partial charge is 0.406 e. The molecule has 0 aliphatic rings. The van der Waals surface area contributed by atoms with Crippen LogP contribution in [0.25, 0.3) is 0 Å². The lowest BCUT2D eigenvalue weighted by Gasteiger charge is -2.27. The Bertz CT molecular complexity index is 401. The van der Waals surface area contributed by atoms with Gasteiger partial charge < -0.3 is 10.2 Å². The summed E-state index contributed by atoms with van der Waals surface area (Å²) in [6.07, 6.45) is -1.15. The second-order valence-electron chi connectivity index (χ2n) is 5.26. The van der Waals surface area contributed by atoms with Crippen LogP contribution in [-0.2, 0) is 6.54 Å².